The summed E-state index contributed by atoms with van der Waals surface area (Å²) < 4.78 is 45.8. The molecule has 1 amide bonds. The molecule has 0 aliphatic carbocycles. The highest BCUT2D eigenvalue weighted by Gasteiger charge is 2.22. The topological polar surface area (TPSA) is 112 Å². The van der Waals surface area contributed by atoms with Crippen molar-refractivity contribution >= 4 is 15.9 Å². The van der Waals surface area contributed by atoms with Crippen molar-refractivity contribution < 1.29 is 32.2 Å². The third kappa shape index (κ3) is 3.76. The van der Waals surface area contributed by atoms with Crippen LogP contribution in [0.5, 0.6) is 23.0 Å². The van der Waals surface area contributed by atoms with Gasteiger partial charge in [0, 0.05) is 11.6 Å². The number of nitrogens with one attached hydrogen (secondary N) is 2. The van der Waals surface area contributed by atoms with Crippen molar-refractivity contribution in [1.29, 1.82) is 0 Å². The molecule has 0 aromatic heterocycles. The summed E-state index contributed by atoms with van der Waals surface area (Å²) >= 11 is 0. The zero-order chi connectivity index (χ0) is 19.6. The van der Waals surface area contributed by atoms with E-state index in [-0.39, 0.29) is 23.0 Å². The maximum atomic E-state index is 12.6. The van der Waals surface area contributed by atoms with E-state index in [9.17, 15) is 13.2 Å². The van der Waals surface area contributed by atoms with Gasteiger partial charge in [-0.2, -0.15) is 0 Å². The van der Waals surface area contributed by atoms with E-state index >= 15 is 0 Å². The monoisotopic (exact) mass is 394 g/mol. The molecule has 1 aliphatic heterocycles. The molecule has 1 aliphatic rings. The Hall–Kier alpha value is -2.98. The standard InChI is InChI=1S/C17H18N2O7S/c1-10-6-13(23-2)14(24-3)8-16(10)27(21,22)19-18-17(20)11-4-5-12-15(7-11)26-9-25-12/h4-8,19H,9H2,1-3H3,(H,18,20). The molecule has 1 heterocycles. The van der Waals surface area contributed by atoms with E-state index in [1.807, 2.05) is 0 Å². The molecule has 0 saturated carbocycles. The molecule has 27 heavy (non-hydrogen) atoms. The molecule has 0 spiro atoms. The predicted octanol–water partition coefficient (Wildman–Crippen LogP) is 1.36. The lowest BCUT2D eigenvalue weighted by Crippen LogP contribution is -2.41. The summed E-state index contributed by atoms with van der Waals surface area (Å²) in [4.78, 5) is 14.3. The number of hydrogen-bond acceptors (Lipinski definition) is 7. The van der Waals surface area contributed by atoms with Gasteiger partial charge in [-0.1, -0.05) is 0 Å². The Balaban J connectivity index is 1.78. The molecular formula is C17H18N2O7S. The van der Waals surface area contributed by atoms with Crippen LogP contribution >= 0.6 is 0 Å². The van der Waals surface area contributed by atoms with Crippen LogP contribution in [0.3, 0.4) is 0 Å². The van der Waals surface area contributed by atoms with E-state index < -0.39 is 15.9 Å². The predicted molar refractivity (Wildman–Crippen MR) is 94.6 cm³/mol. The Morgan fingerprint density at radius 3 is 2.41 bits per heavy atom. The molecule has 9 nitrogen and oxygen atoms in total. The molecule has 144 valence electrons. The lowest BCUT2D eigenvalue weighted by molar-refractivity contribution is 0.0944. The average Bonchev–Trinajstić information content (AvgIpc) is 3.13. The van der Waals surface area contributed by atoms with Crippen molar-refractivity contribution in [3.63, 3.8) is 0 Å². The molecule has 0 fully saturated rings. The number of fused-ring (bicyclic) bond motifs is 1. The minimum Gasteiger partial charge on any atom is -0.493 e. The first-order valence-corrected chi connectivity index (χ1v) is 9.28. The molecule has 0 bridgehead atoms. The summed E-state index contributed by atoms with van der Waals surface area (Å²) in [6.07, 6.45) is 0. The molecule has 0 radical (unpaired) electrons. The van der Waals surface area contributed by atoms with Crippen molar-refractivity contribution in [2.75, 3.05) is 21.0 Å². The second-order valence-electron chi connectivity index (χ2n) is 5.60. The Bertz CT molecular complexity index is 989. The number of hydrazine groups is 1. The molecule has 0 atom stereocenters. The van der Waals surface area contributed by atoms with E-state index in [2.05, 4.69) is 10.3 Å². The van der Waals surface area contributed by atoms with Gasteiger partial charge in [0.05, 0.1) is 19.1 Å². The smallest absolute Gasteiger partial charge is 0.266 e. The third-order valence-corrected chi connectivity index (χ3v) is 5.29. The van der Waals surface area contributed by atoms with Gasteiger partial charge < -0.3 is 18.9 Å². The van der Waals surface area contributed by atoms with Gasteiger partial charge in [0.1, 0.15) is 0 Å². The molecule has 2 aromatic rings. The van der Waals surface area contributed by atoms with Crippen LogP contribution in [-0.2, 0) is 10.0 Å². The minimum absolute atomic E-state index is 0.0499. The summed E-state index contributed by atoms with van der Waals surface area (Å²) in [6.45, 7) is 1.68. The Morgan fingerprint density at radius 2 is 1.70 bits per heavy atom. The zero-order valence-electron chi connectivity index (χ0n) is 14.9. The molecule has 3 rings (SSSR count). The summed E-state index contributed by atoms with van der Waals surface area (Å²) in [5, 5.41) is 0. The Labute approximate surface area is 156 Å². The summed E-state index contributed by atoms with van der Waals surface area (Å²) in [5.41, 5.74) is 2.82. The Kier molecular flexibility index (Phi) is 5.10. The van der Waals surface area contributed by atoms with Crippen LogP contribution in [0.2, 0.25) is 0 Å². The number of hydrogen-bond donors (Lipinski definition) is 2. The summed E-state index contributed by atoms with van der Waals surface area (Å²) in [5.74, 6) is 0.952. The number of benzene rings is 2. The lowest BCUT2D eigenvalue weighted by Gasteiger charge is -2.14. The van der Waals surface area contributed by atoms with E-state index in [0.29, 0.717) is 22.8 Å². The van der Waals surface area contributed by atoms with E-state index in [4.69, 9.17) is 18.9 Å². The van der Waals surface area contributed by atoms with Crippen molar-refractivity contribution in [2.24, 2.45) is 0 Å². The van der Waals surface area contributed by atoms with Crippen molar-refractivity contribution in [3.05, 3.63) is 41.5 Å². The number of carbonyl (C=O) groups excluding carboxylic acids is 1. The molecule has 10 heteroatoms. The highest BCUT2D eigenvalue weighted by molar-refractivity contribution is 7.89. The van der Waals surface area contributed by atoms with Gasteiger partial charge in [0.2, 0.25) is 6.79 Å². The first kappa shape index (κ1) is 18.8. The second kappa shape index (κ2) is 7.33. The number of aryl methyl sites for hydroxylation is 1. The molecule has 2 aromatic carbocycles. The number of sulfonamides is 1. The maximum absolute atomic E-state index is 12.6. The lowest BCUT2D eigenvalue weighted by atomic mass is 10.2. The van der Waals surface area contributed by atoms with Gasteiger partial charge >= 0.3 is 0 Å². The van der Waals surface area contributed by atoms with Crippen LogP contribution in [0.4, 0.5) is 0 Å². The molecule has 0 unspecified atom stereocenters. The third-order valence-electron chi connectivity index (χ3n) is 3.90. The zero-order valence-corrected chi connectivity index (χ0v) is 15.7. The van der Waals surface area contributed by atoms with E-state index in [0.717, 1.165) is 0 Å². The van der Waals surface area contributed by atoms with Crippen LogP contribution in [-0.4, -0.2) is 35.3 Å². The van der Waals surface area contributed by atoms with Crippen LogP contribution in [0.15, 0.2) is 35.2 Å². The Morgan fingerprint density at radius 1 is 1.04 bits per heavy atom. The van der Waals surface area contributed by atoms with Crippen molar-refractivity contribution in [3.8, 4) is 23.0 Å². The number of ether oxygens (including phenoxy) is 4. The van der Waals surface area contributed by atoms with Crippen LogP contribution < -0.4 is 29.2 Å². The van der Waals surface area contributed by atoms with Crippen LogP contribution in [0.25, 0.3) is 0 Å². The largest absolute Gasteiger partial charge is 0.493 e. The number of amides is 1. The average molecular weight is 394 g/mol. The van der Waals surface area contributed by atoms with Gasteiger partial charge in [-0.25, -0.2) is 8.42 Å². The fourth-order valence-electron chi connectivity index (χ4n) is 2.53. The first-order chi connectivity index (χ1) is 12.9. The first-order valence-electron chi connectivity index (χ1n) is 7.80. The fraction of sp³-hybridized carbons (Fsp3) is 0.235. The number of methoxy groups -OCH3 is 2. The van der Waals surface area contributed by atoms with Gasteiger partial charge in [-0.3, -0.25) is 10.2 Å². The molecule has 0 saturated heterocycles. The normalized spacial score (nSPS) is 12.6. The van der Waals surface area contributed by atoms with Gasteiger partial charge in [-0.05, 0) is 36.8 Å². The summed E-state index contributed by atoms with van der Waals surface area (Å²) in [7, 11) is -1.18. The minimum atomic E-state index is -4.04. The van der Waals surface area contributed by atoms with Crippen molar-refractivity contribution in [1.82, 2.24) is 10.3 Å². The molecular weight excluding hydrogens is 376 g/mol. The fourth-order valence-corrected chi connectivity index (χ4v) is 3.61. The highest BCUT2D eigenvalue weighted by Crippen LogP contribution is 2.33. The highest BCUT2D eigenvalue weighted by atomic mass is 32.2. The van der Waals surface area contributed by atoms with E-state index in [1.165, 1.54) is 38.5 Å². The van der Waals surface area contributed by atoms with Crippen LogP contribution in [0.1, 0.15) is 15.9 Å². The number of rotatable bonds is 6. The molecule has 2 N–H and O–H groups in total. The van der Waals surface area contributed by atoms with Crippen molar-refractivity contribution in [2.45, 2.75) is 11.8 Å². The van der Waals surface area contributed by atoms with Gasteiger partial charge in [0.25, 0.3) is 15.9 Å². The summed E-state index contributed by atoms with van der Waals surface area (Å²) in [6, 6.07) is 7.40. The van der Waals surface area contributed by atoms with Gasteiger partial charge in [0.15, 0.2) is 23.0 Å². The number of carbonyl (C=O) groups is 1. The second-order valence-corrected chi connectivity index (χ2v) is 7.25. The van der Waals surface area contributed by atoms with E-state index in [1.54, 1.807) is 13.0 Å². The maximum Gasteiger partial charge on any atom is 0.266 e. The SMILES string of the molecule is COc1cc(C)c(S(=O)(=O)NNC(=O)c2ccc3c(c2)OCO3)cc1OC. The van der Waals surface area contributed by atoms with Gasteiger partial charge in [-0.15, -0.1) is 4.83 Å². The quantitative estimate of drug-likeness (QED) is 0.712. The van der Waals surface area contributed by atoms with Crippen LogP contribution in [0, 0.1) is 6.92 Å².